The third-order valence-electron chi connectivity index (χ3n) is 7.49. The summed E-state index contributed by atoms with van der Waals surface area (Å²) in [6.07, 6.45) is 1.05. The summed E-state index contributed by atoms with van der Waals surface area (Å²) >= 11 is 0. The van der Waals surface area contributed by atoms with Crippen LogP contribution in [0.5, 0.6) is 5.75 Å². The van der Waals surface area contributed by atoms with E-state index in [0.717, 1.165) is 59.6 Å². The van der Waals surface area contributed by atoms with Gasteiger partial charge in [-0.15, -0.1) is 0 Å². The maximum atomic E-state index is 13.4. The number of hydrogen-bond donors (Lipinski definition) is 0. The van der Waals surface area contributed by atoms with Crippen molar-refractivity contribution in [2.75, 3.05) is 44.7 Å². The van der Waals surface area contributed by atoms with Gasteiger partial charge in [0.1, 0.15) is 5.75 Å². The quantitative estimate of drug-likeness (QED) is 0.429. The van der Waals surface area contributed by atoms with Gasteiger partial charge >= 0.3 is 12.2 Å². The Morgan fingerprint density at radius 2 is 1.79 bits per heavy atom. The normalized spacial score (nSPS) is 18.2. The van der Waals surface area contributed by atoms with Crippen LogP contribution in [-0.4, -0.2) is 65.4 Å². The van der Waals surface area contributed by atoms with Gasteiger partial charge in [-0.05, 0) is 49.6 Å². The predicted octanol–water partition coefficient (Wildman–Crippen LogP) is 5.68. The summed E-state index contributed by atoms with van der Waals surface area (Å²) in [7, 11) is 1.66. The van der Waals surface area contributed by atoms with Crippen molar-refractivity contribution in [3.63, 3.8) is 0 Å². The first kappa shape index (κ1) is 25.9. The average Bonchev–Trinajstić information content (AvgIpc) is 3.62. The summed E-state index contributed by atoms with van der Waals surface area (Å²) in [4.78, 5) is 19.3. The Balaban J connectivity index is 1.23. The summed E-state index contributed by atoms with van der Waals surface area (Å²) in [5.41, 5.74) is 3.09. The third kappa shape index (κ3) is 5.16. The molecule has 0 spiro atoms. The van der Waals surface area contributed by atoms with Gasteiger partial charge in [0.15, 0.2) is 0 Å². The second-order valence-corrected chi connectivity index (χ2v) is 9.70. The highest BCUT2D eigenvalue weighted by Gasteiger charge is 2.35. The SMILES string of the molecule is CCn1cc(-c2ccc(N3CCN(C(=O)N4CCCC4c4ccc(C(F)(F)F)cc4)CC3)cc2OC)cn1. The maximum Gasteiger partial charge on any atom is 0.416 e. The van der Waals surface area contributed by atoms with E-state index in [-0.39, 0.29) is 12.1 Å². The number of aryl methyl sites for hydroxylation is 1. The number of nitrogens with zero attached hydrogens (tertiary/aromatic N) is 5. The number of anilines is 1. The number of halogens is 3. The van der Waals surface area contributed by atoms with Crippen LogP contribution in [0.15, 0.2) is 54.9 Å². The molecule has 3 aromatic rings. The van der Waals surface area contributed by atoms with Crippen LogP contribution in [0, 0.1) is 0 Å². The Labute approximate surface area is 220 Å². The van der Waals surface area contributed by atoms with Crippen molar-refractivity contribution in [3.8, 4) is 16.9 Å². The largest absolute Gasteiger partial charge is 0.496 e. The van der Waals surface area contributed by atoms with Crippen molar-refractivity contribution >= 4 is 11.7 Å². The minimum atomic E-state index is -4.37. The fourth-order valence-corrected chi connectivity index (χ4v) is 5.36. The number of amides is 2. The van der Waals surface area contributed by atoms with Crippen LogP contribution in [0.25, 0.3) is 11.1 Å². The fourth-order valence-electron chi connectivity index (χ4n) is 5.36. The number of carbonyl (C=O) groups is 1. The number of aromatic nitrogens is 2. The molecule has 2 aliphatic rings. The Morgan fingerprint density at radius 3 is 2.42 bits per heavy atom. The monoisotopic (exact) mass is 527 g/mol. The molecule has 1 atom stereocenters. The zero-order valence-electron chi connectivity index (χ0n) is 21.6. The highest BCUT2D eigenvalue weighted by Crippen LogP contribution is 2.36. The minimum Gasteiger partial charge on any atom is -0.496 e. The van der Waals surface area contributed by atoms with Gasteiger partial charge in [0, 0.05) is 68.3 Å². The lowest BCUT2D eigenvalue weighted by atomic mass is 10.0. The smallest absolute Gasteiger partial charge is 0.416 e. The lowest BCUT2D eigenvalue weighted by Crippen LogP contribution is -2.52. The zero-order chi connectivity index (χ0) is 26.9. The molecule has 1 unspecified atom stereocenters. The number of hydrogen-bond acceptors (Lipinski definition) is 4. The van der Waals surface area contributed by atoms with Gasteiger partial charge in [-0.3, -0.25) is 4.68 Å². The molecule has 5 rings (SSSR count). The summed E-state index contributed by atoms with van der Waals surface area (Å²) in [6, 6.07) is 11.1. The van der Waals surface area contributed by atoms with E-state index in [0.29, 0.717) is 32.7 Å². The molecule has 2 aliphatic heterocycles. The van der Waals surface area contributed by atoms with E-state index >= 15 is 0 Å². The van der Waals surface area contributed by atoms with Crippen molar-refractivity contribution in [1.82, 2.24) is 19.6 Å². The van der Waals surface area contributed by atoms with Crippen molar-refractivity contribution in [1.29, 1.82) is 0 Å². The van der Waals surface area contributed by atoms with Crippen LogP contribution in [0.4, 0.5) is 23.7 Å². The molecule has 2 fully saturated rings. The Bertz CT molecular complexity index is 1270. The molecule has 7 nitrogen and oxygen atoms in total. The summed E-state index contributed by atoms with van der Waals surface area (Å²) in [5.74, 6) is 0.771. The number of urea groups is 1. The second-order valence-electron chi connectivity index (χ2n) is 9.70. The van der Waals surface area contributed by atoms with E-state index in [2.05, 4.69) is 16.1 Å². The molecule has 2 amide bonds. The van der Waals surface area contributed by atoms with Gasteiger partial charge in [-0.1, -0.05) is 12.1 Å². The molecule has 1 aromatic heterocycles. The lowest BCUT2D eigenvalue weighted by molar-refractivity contribution is -0.137. The van der Waals surface area contributed by atoms with E-state index in [4.69, 9.17) is 4.74 Å². The van der Waals surface area contributed by atoms with Crippen molar-refractivity contribution in [3.05, 3.63) is 66.0 Å². The molecule has 0 aliphatic carbocycles. The molecule has 2 saturated heterocycles. The molecule has 0 N–H and O–H groups in total. The number of likely N-dealkylation sites (tertiary alicyclic amines) is 1. The number of rotatable bonds is 5. The Hall–Kier alpha value is -3.69. The number of benzene rings is 2. The number of carbonyl (C=O) groups excluding carboxylic acids is 1. The van der Waals surface area contributed by atoms with Crippen LogP contribution >= 0.6 is 0 Å². The van der Waals surface area contributed by atoms with Crippen molar-refractivity contribution < 1.29 is 22.7 Å². The first-order chi connectivity index (χ1) is 18.3. The predicted molar refractivity (Wildman–Crippen MR) is 139 cm³/mol. The summed E-state index contributed by atoms with van der Waals surface area (Å²) in [6.45, 7) is 5.95. The molecule has 0 radical (unpaired) electrons. The third-order valence-corrected chi connectivity index (χ3v) is 7.49. The molecule has 202 valence electrons. The fraction of sp³-hybridized carbons (Fsp3) is 0.429. The van der Waals surface area contributed by atoms with Gasteiger partial charge in [0.05, 0.1) is 24.9 Å². The van der Waals surface area contributed by atoms with Gasteiger partial charge in [0.2, 0.25) is 0 Å². The summed E-state index contributed by atoms with van der Waals surface area (Å²) < 4.78 is 46.5. The lowest BCUT2D eigenvalue weighted by Gasteiger charge is -2.39. The van der Waals surface area contributed by atoms with E-state index in [1.54, 1.807) is 7.11 Å². The number of piperazine rings is 1. The standard InChI is InChI=1S/C28H32F3N5O2/c1-3-35-19-21(18-32-35)24-11-10-23(17-26(24)38-2)33-13-15-34(16-14-33)27(37)36-12-4-5-25(36)20-6-8-22(9-7-20)28(29,30)31/h6-11,17-19,25H,3-5,12-16H2,1-2H3. The molecule has 10 heteroatoms. The molecule has 38 heavy (non-hydrogen) atoms. The first-order valence-electron chi connectivity index (χ1n) is 13.0. The van der Waals surface area contributed by atoms with Crippen LogP contribution < -0.4 is 9.64 Å². The molecule has 2 aromatic carbocycles. The Morgan fingerprint density at radius 1 is 1.05 bits per heavy atom. The van der Waals surface area contributed by atoms with Crippen LogP contribution in [0.2, 0.25) is 0 Å². The minimum absolute atomic E-state index is 0.0482. The molecule has 3 heterocycles. The van der Waals surface area contributed by atoms with E-state index in [1.807, 2.05) is 45.9 Å². The van der Waals surface area contributed by atoms with Crippen LogP contribution in [0.1, 0.15) is 36.9 Å². The van der Waals surface area contributed by atoms with Gasteiger partial charge < -0.3 is 19.4 Å². The number of ether oxygens (including phenoxy) is 1. The van der Waals surface area contributed by atoms with Crippen LogP contribution in [0.3, 0.4) is 0 Å². The van der Waals surface area contributed by atoms with E-state index < -0.39 is 11.7 Å². The Kier molecular flexibility index (Phi) is 7.23. The highest BCUT2D eigenvalue weighted by molar-refractivity contribution is 5.76. The van der Waals surface area contributed by atoms with Gasteiger partial charge in [-0.25, -0.2) is 4.79 Å². The van der Waals surface area contributed by atoms with Gasteiger partial charge in [-0.2, -0.15) is 18.3 Å². The molecular weight excluding hydrogens is 495 g/mol. The average molecular weight is 528 g/mol. The maximum absolute atomic E-state index is 13.4. The molecule has 0 saturated carbocycles. The molecular formula is C28H32F3N5O2. The van der Waals surface area contributed by atoms with E-state index in [9.17, 15) is 18.0 Å². The second kappa shape index (κ2) is 10.6. The topological polar surface area (TPSA) is 53.8 Å². The number of alkyl halides is 3. The number of methoxy groups -OCH3 is 1. The zero-order valence-corrected chi connectivity index (χ0v) is 21.6. The van der Waals surface area contributed by atoms with Gasteiger partial charge in [0.25, 0.3) is 0 Å². The van der Waals surface area contributed by atoms with Crippen molar-refractivity contribution in [2.45, 2.75) is 38.5 Å². The first-order valence-corrected chi connectivity index (χ1v) is 13.0. The summed E-state index contributed by atoms with van der Waals surface area (Å²) in [5, 5.41) is 4.36. The van der Waals surface area contributed by atoms with E-state index in [1.165, 1.54) is 12.1 Å². The van der Waals surface area contributed by atoms with Crippen LogP contribution in [-0.2, 0) is 12.7 Å². The molecule has 0 bridgehead atoms. The van der Waals surface area contributed by atoms with Crippen molar-refractivity contribution in [2.24, 2.45) is 0 Å². The highest BCUT2D eigenvalue weighted by atomic mass is 19.4.